The van der Waals surface area contributed by atoms with Crippen LogP contribution in [0.2, 0.25) is 0 Å². The average Bonchev–Trinajstić information content (AvgIpc) is 2.91. The van der Waals surface area contributed by atoms with Crippen molar-refractivity contribution in [3.8, 4) is 0 Å². The molecular weight excluding hydrogens is 234 g/mol. The SMILES string of the molecule is COC(=O)c1ccc(C(=O)NC2CCNC2)nc1. The first kappa shape index (κ1) is 12.5. The average molecular weight is 249 g/mol. The topological polar surface area (TPSA) is 80.3 Å². The number of nitrogens with one attached hydrogen (secondary N) is 2. The highest BCUT2D eigenvalue weighted by molar-refractivity contribution is 5.94. The van der Waals surface area contributed by atoms with Gasteiger partial charge < -0.3 is 15.4 Å². The number of hydrogen-bond acceptors (Lipinski definition) is 5. The summed E-state index contributed by atoms with van der Waals surface area (Å²) in [6.45, 7) is 1.70. The molecule has 0 saturated carbocycles. The number of hydrogen-bond donors (Lipinski definition) is 2. The van der Waals surface area contributed by atoms with Crippen LogP contribution in [0.5, 0.6) is 0 Å². The number of esters is 1. The van der Waals surface area contributed by atoms with Gasteiger partial charge in [0.05, 0.1) is 12.7 Å². The molecule has 1 unspecified atom stereocenters. The van der Waals surface area contributed by atoms with E-state index in [9.17, 15) is 9.59 Å². The molecular formula is C12H15N3O3. The lowest BCUT2D eigenvalue weighted by molar-refractivity contribution is 0.0599. The lowest BCUT2D eigenvalue weighted by Crippen LogP contribution is -2.36. The quantitative estimate of drug-likeness (QED) is 0.735. The van der Waals surface area contributed by atoms with E-state index in [4.69, 9.17) is 0 Å². The molecule has 1 aliphatic rings. The fraction of sp³-hybridized carbons (Fsp3) is 0.417. The first-order valence-electron chi connectivity index (χ1n) is 5.76. The molecule has 2 N–H and O–H groups in total. The van der Waals surface area contributed by atoms with Crippen LogP contribution in [-0.4, -0.2) is 43.1 Å². The number of methoxy groups -OCH3 is 1. The molecule has 1 aromatic heterocycles. The minimum absolute atomic E-state index is 0.152. The van der Waals surface area contributed by atoms with Gasteiger partial charge in [-0.05, 0) is 25.1 Å². The number of nitrogens with zero attached hydrogens (tertiary/aromatic N) is 1. The minimum Gasteiger partial charge on any atom is -0.465 e. The van der Waals surface area contributed by atoms with Gasteiger partial charge in [0, 0.05) is 18.8 Å². The molecule has 1 atom stereocenters. The Labute approximate surface area is 105 Å². The maximum Gasteiger partial charge on any atom is 0.339 e. The van der Waals surface area contributed by atoms with Crippen LogP contribution in [0.1, 0.15) is 27.3 Å². The van der Waals surface area contributed by atoms with E-state index in [-0.39, 0.29) is 11.9 Å². The molecule has 2 rings (SSSR count). The number of pyridine rings is 1. The van der Waals surface area contributed by atoms with Crippen LogP contribution < -0.4 is 10.6 Å². The summed E-state index contributed by atoms with van der Waals surface area (Å²) in [5, 5.41) is 6.04. The van der Waals surface area contributed by atoms with Gasteiger partial charge in [-0.15, -0.1) is 0 Å². The van der Waals surface area contributed by atoms with Crippen molar-refractivity contribution in [1.29, 1.82) is 0 Å². The number of carbonyl (C=O) groups is 2. The fourth-order valence-corrected chi connectivity index (χ4v) is 1.80. The normalized spacial score (nSPS) is 18.4. The van der Waals surface area contributed by atoms with Crippen LogP contribution in [0.25, 0.3) is 0 Å². The predicted octanol–water partition coefficient (Wildman–Crippen LogP) is -0.0401. The molecule has 0 spiro atoms. The van der Waals surface area contributed by atoms with Crippen LogP contribution in [-0.2, 0) is 4.74 Å². The maximum absolute atomic E-state index is 11.8. The van der Waals surface area contributed by atoms with Gasteiger partial charge in [-0.3, -0.25) is 9.78 Å². The highest BCUT2D eigenvalue weighted by Crippen LogP contribution is 2.04. The molecule has 1 amide bonds. The van der Waals surface area contributed by atoms with Gasteiger partial charge in [-0.1, -0.05) is 0 Å². The van der Waals surface area contributed by atoms with Crippen LogP contribution >= 0.6 is 0 Å². The summed E-state index contributed by atoms with van der Waals surface area (Å²) in [6, 6.07) is 3.20. The van der Waals surface area contributed by atoms with Crippen molar-refractivity contribution in [2.24, 2.45) is 0 Å². The Morgan fingerprint density at radius 2 is 2.33 bits per heavy atom. The molecule has 1 aromatic rings. The van der Waals surface area contributed by atoms with E-state index in [1.807, 2.05) is 0 Å². The zero-order chi connectivity index (χ0) is 13.0. The molecule has 96 valence electrons. The Hall–Kier alpha value is -1.95. The van der Waals surface area contributed by atoms with Gasteiger partial charge in [0.25, 0.3) is 5.91 Å². The predicted molar refractivity (Wildman–Crippen MR) is 64.3 cm³/mol. The van der Waals surface area contributed by atoms with E-state index >= 15 is 0 Å². The zero-order valence-electron chi connectivity index (χ0n) is 10.1. The Morgan fingerprint density at radius 1 is 1.50 bits per heavy atom. The van der Waals surface area contributed by atoms with Crippen LogP contribution in [0.4, 0.5) is 0 Å². The van der Waals surface area contributed by atoms with Gasteiger partial charge in [0.2, 0.25) is 0 Å². The smallest absolute Gasteiger partial charge is 0.339 e. The van der Waals surface area contributed by atoms with E-state index in [2.05, 4.69) is 20.4 Å². The zero-order valence-corrected chi connectivity index (χ0v) is 10.1. The molecule has 0 radical (unpaired) electrons. The van der Waals surface area contributed by atoms with E-state index in [0.29, 0.717) is 11.3 Å². The number of aromatic nitrogens is 1. The summed E-state index contributed by atoms with van der Waals surface area (Å²) in [7, 11) is 1.30. The second-order valence-electron chi connectivity index (χ2n) is 4.09. The highest BCUT2D eigenvalue weighted by Gasteiger charge is 2.18. The van der Waals surface area contributed by atoms with Crippen molar-refractivity contribution in [3.05, 3.63) is 29.6 Å². The molecule has 1 saturated heterocycles. The molecule has 0 aromatic carbocycles. The summed E-state index contributed by atoms with van der Waals surface area (Å²) in [6.07, 6.45) is 2.26. The summed E-state index contributed by atoms with van der Waals surface area (Å²) in [4.78, 5) is 27.0. The molecule has 6 nitrogen and oxygen atoms in total. The molecule has 1 fully saturated rings. The van der Waals surface area contributed by atoms with Crippen molar-refractivity contribution < 1.29 is 14.3 Å². The van der Waals surface area contributed by atoms with Crippen LogP contribution in [0.15, 0.2) is 18.3 Å². The van der Waals surface area contributed by atoms with E-state index in [1.54, 1.807) is 0 Å². The minimum atomic E-state index is -0.463. The molecule has 6 heteroatoms. The third-order valence-electron chi connectivity index (χ3n) is 2.81. The van der Waals surface area contributed by atoms with Gasteiger partial charge in [0.15, 0.2) is 0 Å². The molecule has 18 heavy (non-hydrogen) atoms. The first-order chi connectivity index (χ1) is 8.70. The van der Waals surface area contributed by atoms with Crippen molar-refractivity contribution in [2.45, 2.75) is 12.5 Å². The third-order valence-corrected chi connectivity index (χ3v) is 2.81. The maximum atomic E-state index is 11.8. The second kappa shape index (κ2) is 5.59. The van der Waals surface area contributed by atoms with Gasteiger partial charge in [-0.2, -0.15) is 0 Å². The van der Waals surface area contributed by atoms with Crippen LogP contribution in [0.3, 0.4) is 0 Å². The van der Waals surface area contributed by atoms with Gasteiger partial charge >= 0.3 is 5.97 Å². The lowest BCUT2D eigenvalue weighted by atomic mass is 10.2. The van der Waals surface area contributed by atoms with E-state index in [0.717, 1.165) is 19.5 Å². The van der Waals surface area contributed by atoms with Crippen molar-refractivity contribution in [1.82, 2.24) is 15.6 Å². The summed E-state index contributed by atoms with van der Waals surface area (Å²) in [5.41, 5.74) is 0.631. The van der Waals surface area contributed by atoms with Crippen molar-refractivity contribution in [3.63, 3.8) is 0 Å². The first-order valence-corrected chi connectivity index (χ1v) is 5.76. The Bertz CT molecular complexity index is 438. The Balaban J connectivity index is 2.00. The monoisotopic (exact) mass is 249 g/mol. The number of carbonyl (C=O) groups excluding carboxylic acids is 2. The van der Waals surface area contributed by atoms with Crippen LogP contribution in [0, 0.1) is 0 Å². The van der Waals surface area contributed by atoms with Gasteiger partial charge in [0.1, 0.15) is 5.69 Å². The number of ether oxygens (including phenoxy) is 1. The number of amides is 1. The van der Waals surface area contributed by atoms with Crippen molar-refractivity contribution >= 4 is 11.9 Å². The largest absolute Gasteiger partial charge is 0.465 e. The Morgan fingerprint density at radius 3 is 2.89 bits per heavy atom. The second-order valence-corrected chi connectivity index (χ2v) is 4.09. The third kappa shape index (κ3) is 2.84. The summed E-state index contributed by atoms with van der Waals surface area (Å²) < 4.78 is 4.56. The molecule has 0 aliphatic carbocycles. The molecule has 1 aliphatic heterocycles. The summed E-state index contributed by atoms with van der Waals surface area (Å²) >= 11 is 0. The standard InChI is InChI=1S/C12H15N3O3/c1-18-12(17)8-2-3-10(14-6-8)11(16)15-9-4-5-13-7-9/h2-3,6,9,13H,4-5,7H2,1H3,(H,15,16). The van der Waals surface area contributed by atoms with Crippen molar-refractivity contribution in [2.75, 3.05) is 20.2 Å². The fourth-order valence-electron chi connectivity index (χ4n) is 1.80. The van der Waals surface area contributed by atoms with E-state index < -0.39 is 5.97 Å². The molecule has 0 bridgehead atoms. The van der Waals surface area contributed by atoms with Gasteiger partial charge in [-0.25, -0.2) is 4.79 Å². The number of rotatable bonds is 3. The Kier molecular flexibility index (Phi) is 3.88. The lowest BCUT2D eigenvalue weighted by Gasteiger charge is -2.10. The summed E-state index contributed by atoms with van der Waals surface area (Å²) in [5.74, 6) is -0.686. The van der Waals surface area contributed by atoms with E-state index in [1.165, 1.54) is 25.4 Å². The highest BCUT2D eigenvalue weighted by atomic mass is 16.5. The molecule has 2 heterocycles.